The third kappa shape index (κ3) is 3.83. The van der Waals surface area contributed by atoms with Crippen LogP contribution >= 0.6 is 11.8 Å². The summed E-state index contributed by atoms with van der Waals surface area (Å²) in [6.07, 6.45) is 3.87. The van der Waals surface area contributed by atoms with Crippen LogP contribution in [0.15, 0.2) is 17.6 Å². The van der Waals surface area contributed by atoms with E-state index < -0.39 is 0 Å². The molecule has 0 saturated carbocycles. The third-order valence-corrected chi connectivity index (χ3v) is 2.56. The van der Waals surface area contributed by atoms with Crippen molar-refractivity contribution in [2.24, 2.45) is 0 Å². The second kappa shape index (κ2) is 5.70. The van der Waals surface area contributed by atoms with E-state index in [9.17, 15) is 4.79 Å². The summed E-state index contributed by atoms with van der Waals surface area (Å²) in [6, 6.07) is 0. The molecule has 14 heavy (non-hydrogen) atoms. The molecule has 1 atom stereocenters. The van der Waals surface area contributed by atoms with Gasteiger partial charge in [0, 0.05) is 17.6 Å². The Morgan fingerprint density at radius 3 is 3.14 bits per heavy atom. The van der Waals surface area contributed by atoms with Crippen LogP contribution in [0, 0.1) is 0 Å². The lowest BCUT2D eigenvalue weighted by molar-refractivity contribution is -0.142. The molecule has 1 heterocycles. The van der Waals surface area contributed by atoms with Gasteiger partial charge in [0.05, 0.1) is 13.0 Å². The highest BCUT2D eigenvalue weighted by Crippen LogP contribution is 2.21. The number of thioether (sulfide) groups is 1. The lowest BCUT2D eigenvalue weighted by Crippen LogP contribution is -2.10. The fraction of sp³-hybridized carbons (Fsp3) is 0.556. The molecule has 4 nitrogen and oxygen atoms in total. The molecule has 0 aliphatic carbocycles. The van der Waals surface area contributed by atoms with Crippen LogP contribution in [0.4, 0.5) is 0 Å². The molecular formula is C9H14N2O2S. The molecule has 1 rings (SSSR count). The summed E-state index contributed by atoms with van der Waals surface area (Å²) < 4.78 is 4.85. The highest BCUT2D eigenvalue weighted by Gasteiger charge is 2.11. The molecule has 0 aromatic carbocycles. The number of imidazole rings is 1. The summed E-state index contributed by atoms with van der Waals surface area (Å²) >= 11 is 1.54. The molecule has 0 spiro atoms. The first kappa shape index (κ1) is 11.1. The van der Waals surface area contributed by atoms with Gasteiger partial charge >= 0.3 is 5.97 Å². The topological polar surface area (TPSA) is 55.0 Å². The average molecular weight is 214 g/mol. The van der Waals surface area contributed by atoms with Crippen LogP contribution in [0.2, 0.25) is 0 Å². The highest BCUT2D eigenvalue weighted by atomic mass is 32.2. The average Bonchev–Trinajstić information content (AvgIpc) is 2.56. The molecule has 78 valence electrons. The Hall–Kier alpha value is -0.970. The Kier molecular flexibility index (Phi) is 4.52. The molecule has 0 amide bonds. The van der Waals surface area contributed by atoms with Gasteiger partial charge in [0.1, 0.15) is 0 Å². The Labute approximate surface area is 87.4 Å². The third-order valence-electron chi connectivity index (χ3n) is 1.55. The van der Waals surface area contributed by atoms with Crippen LogP contribution in [0.3, 0.4) is 0 Å². The number of aromatic nitrogens is 2. The smallest absolute Gasteiger partial charge is 0.306 e. The van der Waals surface area contributed by atoms with Crippen molar-refractivity contribution in [3.63, 3.8) is 0 Å². The molecule has 0 fully saturated rings. The number of H-pyrrole nitrogens is 1. The van der Waals surface area contributed by atoms with Gasteiger partial charge in [-0.2, -0.15) is 0 Å². The fourth-order valence-electron chi connectivity index (χ4n) is 1.00. The van der Waals surface area contributed by atoms with E-state index in [0.717, 1.165) is 5.16 Å². The van der Waals surface area contributed by atoms with Crippen LogP contribution < -0.4 is 0 Å². The standard InChI is InChI=1S/C9H14N2O2S/c1-3-13-8(12)6-7(2)14-9-10-4-5-11-9/h4-5,7H,3,6H2,1-2H3,(H,10,11). The van der Waals surface area contributed by atoms with E-state index in [2.05, 4.69) is 9.97 Å². The van der Waals surface area contributed by atoms with E-state index in [1.807, 2.05) is 13.8 Å². The molecule has 0 aliphatic rings. The maximum atomic E-state index is 11.1. The van der Waals surface area contributed by atoms with E-state index >= 15 is 0 Å². The first-order valence-electron chi connectivity index (χ1n) is 4.54. The fourth-order valence-corrected chi connectivity index (χ4v) is 1.86. The van der Waals surface area contributed by atoms with E-state index in [1.165, 1.54) is 11.8 Å². The van der Waals surface area contributed by atoms with Crippen molar-refractivity contribution in [1.82, 2.24) is 9.97 Å². The lowest BCUT2D eigenvalue weighted by Gasteiger charge is -2.07. The first-order chi connectivity index (χ1) is 6.72. The van der Waals surface area contributed by atoms with E-state index in [-0.39, 0.29) is 11.2 Å². The van der Waals surface area contributed by atoms with Crippen molar-refractivity contribution < 1.29 is 9.53 Å². The summed E-state index contributed by atoms with van der Waals surface area (Å²) in [5.41, 5.74) is 0. The van der Waals surface area contributed by atoms with Gasteiger partial charge in [-0.1, -0.05) is 18.7 Å². The van der Waals surface area contributed by atoms with Crippen LogP contribution in [-0.4, -0.2) is 27.8 Å². The first-order valence-corrected chi connectivity index (χ1v) is 5.42. The van der Waals surface area contributed by atoms with Gasteiger partial charge in [0.15, 0.2) is 5.16 Å². The van der Waals surface area contributed by atoms with Crippen LogP contribution in [0.1, 0.15) is 20.3 Å². The number of rotatable bonds is 5. The van der Waals surface area contributed by atoms with Crippen LogP contribution in [-0.2, 0) is 9.53 Å². The summed E-state index contributed by atoms with van der Waals surface area (Å²) in [5, 5.41) is 1.02. The van der Waals surface area contributed by atoms with Crippen molar-refractivity contribution in [2.75, 3.05) is 6.61 Å². The van der Waals surface area contributed by atoms with Gasteiger partial charge < -0.3 is 9.72 Å². The van der Waals surface area contributed by atoms with Gasteiger partial charge in [-0.05, 0) is 6.92 Å². The number of nitrogens with zero attached hydrogens (tertiary/aromatic N) is 1. The predicted octanol–water partition coefficient (Wildman–Crippen LogP) is 1.84. The van der Waals surface area contributed by atoms with Crippen molar-refractivity contribution in [3.05, 3.63) is 12.4 Å². The minimum atomic E-state index is -0.154. The monoisotopic (exact) mass is 214 g/mol. The number of hydrogen-bond acceptors (Lipinski definition) is 4. The SMILES string of the molecule is CCOC(=O)CC(C)Sc1ncc[nH]1. The zero-order chi connectivity index (χ0) is 10.4. The number of nitrogens with one attached hydrogen (secondary N) is 1. The normalized spacial score (nSPS) is 12.4. The summed E-state index contributed by atoms with van der Waals surface area (Å²) in [5.74, 6) is -0.154. The van der Waals surface area contributed by atoms with Gasteiger partial charge in [-0.25, -0.2) is 4.98 Å². The van der Waals surface area contributed by atoms with Gasteiger partial charge in [0.2, 0.25) is 0 Å². The van der Waals surface area contributed by atoms with Crippen LogP contribution in [0.5, 0.6) is 0 Å². The maximum absolute atomic E-state index is 11.1. The number of esters is 1. The number of aromatic amines is 1. The highest BCUT2D eigenvalue weighted by molar-refractivity contribution is 7.99. The summed E-state index contributed by atoms with van der Waals surface area (Å²) in [6.45, 7) is 4.23. The van der Waals surface area contributed by atoms with Gasteiger partial charge in [0.25, 0.3) is 0 Å². The van der Waals surface area contributed by atoms with Crippen LogP contribution in [0.25, 0.3) is 0 Å². The van der Waals surface area contributed by atoms with E-state index in [0.29, 0.717) is 13.0 Å². The van der Waals surface area contributed by atoms with E-state index in [1.54, 1.807) is 12.4 Å². The largest absolute Gasteiger partial charge is 0.466 e. The zero-order valence-electron chi connectivity index (χ0n) is 8.32. The van der Waals surface area contributed by atoms with Crippen molar-refractivity contribution >= 4 is 17.7 Å². The Bertz CT molecular complexity index is 274. The quantitative estimate of drug-likeness (QED) is 0.600. The number of ether oxygens (including phenoxy) is 1. The molecule has 0 radical (unpaired) electrons. The second-order valence-electron chi connectivity index (χ2n) is 2.83. The van der Waals surface area contributed by atoms with Crippen molar-refractivity contribution in [1.29, 1.82) is 0 Å². The zero-order valence-corrected chi connectivity index (χ0v) is 9.13. The Balaban J connectivity index is 2.29. The summed E-state index contributed by atoms with van der Waals surface area (Å²) in [7, 11) is 0. The van der Waals surface area contributed by atoms with Crippen molar-refractivity contribution in [3.8, 4) is 0 Å². The molecule has 5 heteroatoms. The number of hydrogen-bond donors (Lipinski definition) is 1. The molecule has 0 bridgehead atoms. The van der Waals surface area contributed by atoms with Gasteiger partial charge in [-0.15, -0.1) is 0 Å². The Morgan fingerprint density at radius 2 is 2.57 bits per heavy atom. The number of carbonyl (C=O) groups is 1. The molecule has 0 saturated heterocycles. The van der Waals surface area contributed by atoms with Gasteiger partial charge in [-0.3, -0.25) is 4.79 Å². The number of carbonyl (C=O) groups excluding carboxylic acids is 1. The lowest BCUT2D eigenvalue weighted by atomic mass is 10.3. The van der Waals surface area contributed by atoms with Crippen molar-refractivity contribution in [2.45, 2.75) is 30.7 Å². The predicted molar refractivity (Wildman–Crippen MR) is 55.2 cm³/mol. The molecule has 1 aromatic rings. The Morgan fingerprint density at radius 1 is 1.79 bits per heavy atom. The summed E-state index contributed by atoms with van der Waals surface area (Å²) in [4.78, 5) is 18.2. The maximum Gasteiger partial charge on any atom is 0.306 e. The molecular weight excluding hydrogens is 200 g/mol. The minimum Gasteiger partial charge on any atom is -0.466 e. The molecule has 1 aromatic heterocycles. The molecule has 0 aliphatic heterocycles. The molecule has 1 N–H and O–H groups in total. The van der Waals surface area contributed by atoms with E-state index in [4.69, 9.17) is 4.74 Å². The molecule has 1 unspecified atom stereocenters. The second-order valence-corrected chi connectivity index (χ2v) is 4.26. The minimum absolute atomic E-state index is 0.154.